The molecule has 0 fully saturated rings. The number of benzene rings is 2. The van der Waals surface area contributed by atoms with Gasteiger partial charge in [0.2, 0.25) is 10.0 Å². The van der Waals surface area contributed by atoms with Gasteiger partial charge in [0, 0.05) is 18.7 Å². The van der Waals surface area contributed by atoms with Gasteiger partial charge < -0.3 is 5.32 Å². The van der Waals surface area contributed by atoms with Crippen LogP contribution in [0.3, 0.4) is 0 Å². The van der Waals surface area contributed by atoms with Crippen LogP contribution in [-0.2, 0) is 10.0 Å². The summed E-state index contributed by atoms with van der Waals surface area (Å²) in [6.45, 7) is 3.73. The summed E-state index contributed by atoms with van der Waals surface area (Å²) in [5, 5.41) is 11.5. The minimum absolute atomic E-state index is 0.0781. The molecule has 0 aliphatic carbocycles. The molecule has 0 aliphatic rings. The smallest absolute Gasteiger partial charge is 0.255 e. The van der Waals surface area contributed by atoms with E-state index in [-0.39, 0.29) is 23.5 Å². The summed E-state index contributed by atoms with van der Waals surface area (Å²) < 4.78 is 54.4. The Morgan fingerprint density at radius 3 is 2.36 bits per heavy atom. The average molecular weight is 407 g/mol. The average Bonchev–Trinajstić information content (AvgIpc) is 2.67. The predicted octanol–water partition coefficient (Wildman–Crippen LogP) is 2.99. The van der Waals surface area contributed by atoms with Crippen LogP contribution in [0.25, 0.3) is 0 Å². The van der Waals surface area contributed by atoms with E-state index in [1.165, 1.54) is 22.5 Å². The molecule has 1 atom stereocenters. The first-order chi connectivity index (χ1) is 13.3. The Morgan fingerprint density at radius 1 is 1.14 bits per heavy atom. The maximum Gasteiger partial charge on any atom is 0.255 e. The number of nitriles is 1. The van der Waals surface area contributed by atoms with Gasteiger partial charge in [0.25, 0.3) is 5.91 Å². The molecule has 0 aliphatic heterocycles. The van der Waals surface area contributed by atoms with Crippen LogP contribution in [0.5, 0.6) is 0 Å². The van der Waals surface area contributed by atoms with Gasteiger partial charge in [0.15, 0.2) is 0 Å². The van der Waals surface area contributed by atoms with Crippen molar-refractivity contribution in [1.29, 1.82) is 5.26 Å². The zero-order valence-corrected chi connectivity index (χ0v) is 16.1. The highest BCUT2D eigenvalue weighted by Gasteiger charge is 2.25. The summed E-state index contributed by atoms with van der Waals surface area (Å²) in [7, 11) is -3.91. The second-order valence-electron chi connectivity index (χ2n) is 5.79. The lowest BCUT2D eigenvalue weighted by atomic mass is 10.1. The van der Waals surface area contributed by atoms with Crippen LogP contribution >= 0.6 is 0 Å². The molecule has 0 heterocycles. The molecule has 0 bridgehead atoms. The molecule has 0 radical (unpaired) electrons. The van der Waals surface area contributed by atoms with Crippen LogP contribution in [0.4, 0.5) is 8.78 Å². The van der Waals surface area contributed by atoms with E-state index in [0.29, 0.717) is 0 Å². The van der Waals surface area contributed by atoms with Crippen molar-refractivity contribution in [2.75, 3.05) is 13.1 Å². The highest BCUT2D eigenvalue weighted by atomic mass is 32.2. The number of carbonyl (C=O) groups is 1. The Bertz CT molecular complexity index is 1020. The summed E-state index contributed by atoms with van der Waals surface area (Å²) in [4.78, 5) is 12.2. The molecule has 0 aromatic heterocycles. The van der Waals surface area contributed by atoms with Gasteiger partial charge in [-0.05, 0) is 24.3 Å². The van der Waals surface area contributed by atoms with Crippen LogP contribution in [0.2, 0.25) is 0 Å². The van der Waals surface area contributed by atoms with E-state index in [2.05, 4.69) is 5.32 Å². The molecule has 28 heavy (non-hydrogen) atoms. The molecule has 9 heteroatoms. The monoisotopic (exact) mass is 407 g/mol. The Balaban J connectivity index is 2.38. The highest BCUT2D eigenvalue weighted by molar-refractivity contribution is 7.89. The molecule has 2 aromatic rings. The first-order valence-corrected chi connectivity index (χ1v) is 9.94. The van der Waals surface area contributed by atoms with Gasteiger partial charge in [0.1, 0.15) is 17.7 Å². The van der Waals surface area contributed by atoms with Crippen LogP contribution in [0, 0.1) is 23.0 Å². The lowest BCUT2D eigenvalue weighted by molar-refractivity contribution is 0.0940. The van der Waals surface area contributed by atoms with Crippen molar-refractivity contribution < 1.29 is 22.0 Å². The molecule has 1 N–H and O–H groups in total. The summed E-state index contributed by atoms with van der Waals surface area (Å²) in [6.07, 6.45) is 0. The highest BCUT2D eigenvalue weighted by Crippen LogP contribution is 2.21. The van der Waals surface area contributed by atoms with Crippen molar-refractivity contribution in [2.24, 2.45) is 0 Å². The van der Waals surface area contributed by atoms with Crippen molar-refractivity contribution >= 4 is 15.9 Å². The Morgan fingerprint density at radius 2 is 1.79 bits per heavy atom. The fraction of sp³-hybridized carbons (Fsp3) is 0.263. The van der Waals surface area contributed by atoms with Gasteiger partial charge in [-0.2, -0.15) is 9.57 Å². The Labute approximate surface area is 162 Å². The third-order valence-electron chi connectivity index (χ3n) is 4.15. The predicted molar refractivity (Wildman–Crippen MR) is 98.7 cm³/mol. The van der Waals surface area contributed by atoms with E-state index < -0.39 is 39.2 Å². The number of sulfonamides is 1. The first-order valence-electron chi connectivity index (χ1n) is 8.50. The largest absolute Gasteiger partial charge is 0.332 e. The van der Waals surface area contributed by atoms with E-state index >= 15 is 0 Å². The van der Waals surface area contributed by atoms with Gasteiger partial charge in [-0.25, -0.2) is 17.2 Å². The second-order valence-corrected chi connectivity index (χ2v) is 7.73. The summed E-state index contributed by atoms with van der Waals surface area (Å²) in [5.74, 6) is -2.68. The summed E-state index contributed by atoms with van der Waals surface area (Å²) in [6, 6.07) is 8.59. The molecule has 1 amide bonds. The number of nitrogens with one attached hydrogen (secondary N) is 1. The SMILES string of the molecule is CCN(CC)S(=O)(=O)c1ccc(F)c(C(=O)NC(C#N)c2ccccc2F)c1. The molecule has 6 nitrogen and oxygen atoms in total. The van der Waals surface area contributed by atoms with Crippen molar-refractivity contribution in [1.82, 2.24) is 9.62 Å². The zero-order chi connectivity index (χ0) is 20.9. The molecular weight excluding hydrogens is 388 g/mol. The standard InChI is InChI=1S/C19H19F2N3O3S/c1-3-24(4-2)28(26,27)13-9-10-17(21)15(11-13)19(25)23-18(12-22)14-7-5-6-8-16(14)20/h5-11,18H,3-4H2,1-2H3,(H,23,25). The van der Waals surface area contributed by atoms with E-state index in [4.69, 9.17) is 0 Å². The van der Waals surface area contributed by atoms with Crippen molar-refractivity contribution in [3.05, 3.63) is 65.2 Å². The van der Waals surface area contributed by atoms with Gasteiger partial charge in [-0.3, -0.25) is 4.79 Å². The van der Waals surface area contributed by atoms with Gasteiger partial charge in [-0.1, -0.05) is 32.0 Å². The molecule has 0 saturated heterocycles. The summed E-state index contributed by atoms with van der Waals surface area (Å²) in [5.41, 5.74) is -0.629. The third-order valence-corrected chi connectivity index (χ3v) is 6.19. The zero-order valence-electron chi connectivity index (χ0n) is 15.3. The topological polar surface area (TPSA) is 90.3 Å². The fourth-order valence-corrected chi connectivity index (χ4v) is 4.13. The van der Waals surface area contributed by atoms with Crippen LogP contribution in [-0.4, -0.2) is 31.7 Å². The molecule has 2 aromatic carbocycles. The Hall–Kier alpha value is -2.83. The van der Waals surface area contributed by atoms with Gasteiger partial charge in [0.05, 0.1) is 16.5 Å². The van der Waals surface area contributed by atoms with E-state index in [0.717, 1.165) is 24.3 Å². The number of carbonyl (C=O) groups excluding carboxylic acids is 1. The van der Waals surface area contributed by atoms with Crippen LogP contribution < -0.4 is 5.32 Å². The lowest BCUT2D eigenvalue weighted by Gasteiger charge is -2.19. The molecular formula is C19H19F2N3O3S. The normalized spacial score (nSPS) is 12.4. The minimum Gasteiger partial charge on any atom is -0.332 e. The van der Waals surface area contributed by atoms with E-state index in [1.807, 2.05) is 0 Å². The number of amides is 1. The molecule has 0 saturated carbocycles. The second kappa shape index (κ2) is 8.91. The third kappa shape index (κ3) is 4.35. The molecule has 0 spiro atoms. The van der Waals surface area contributed by atoms with Gasteiger partial charge in [-0.15, -0.1) is 0 Å². The molecule has 2 rings (SSSR count). The van der Waals surface area contributed by atoms with Crippen LogP contribution in [0.15, 0.2) is 47.4 Å². The maximum atomic E-state index is 14.2. The maximum absolute atomic E-state index is 14.2. The molecule has 1 unspecified atom stereocenters. The van der Waals surface area contributed by atoms with Gasteiger partial charge >= 0.3 is 0 Å². The quantitative estimate of drug-likeness (QED) is 0.764. The van der Waals surface area contributed by atoms with Crippen molar-refractivity contribution in [3.8, 4) is 6.07 Å². The molecule has 148 valence electrons. The number of hydrogen-bond acceptors (Lipinski definition) is 4. The lowest BCUT2D eigenvalue weighted by Crippen LogP contribution is -2.32. The van der Waals surface area contributed by atoms with E-state index in [1.54, 1.807) is 19.9 Å². The minimum atomic E-state index is -3.91. The van der Waals surface area contributed by atoms with Crippen molar-refractivity contribution in [3.63, 3.8) is 0 Å². The van der Waals surface area contributed by atoms with E-state index in [9.17, 15) is 27.3 Å². The number of halogens is 2. The first kappa shape index (κ1) is 21.5. The number of hydrogen-bond donors (Lipinski definition) is 1. The number of rotatable bonds is 7. The fourth-order valence-electron chi connectivity index (χ4n) is 2.65. The number of nitrogens with zero attached hydrogens (tertiary/aromatic N) is 2. The summed E-state index contributed by atoms with van der Waals surface area (Å²) >= 11 is 0. The van der Waals surface area contributed by atoms with Crippen LogP contribution in [0.1, 0.15) is 35.8 Å². The van der Waals surface area contributed by atoms with Crippen molar-refractivity contribution in [2.45, 2.75) is 24.8 Å². The Kier molecular flexibility index (Phi) is 6.83.